The number of rotatable bonds is 9. The van der Waals surface area contributed by atoms with Gasteiger partial charge in [0.15, 0.2) is 34.7 Å². The molecule has 1 saturated carbocycles. The first-order valence-electron chi connectivity index (χ1n) is 11.1. The average molecular weight is 520 g/mol. The number of aliphatic hydroxyl groups is 2. The molecule has 3 rings (SSSR count). The van der Waals surface area contributed by atoms with Gasteiger partial charge in [0.05, 0.1) is 45.7 Å². The van der Waals surface area contributed by atoms with Crippen molar-refractivity contribution in [1.82, 2.24) is 0 Å². The van der Waals surface area contributed by atoms with Gasteiger partial charge < -0.3 is 43.7 Å². The molecule has 1 fully saturated rings. The average Bonchev–Trinajstić information content (AvgIpc) is 2.89. The molecule has 0 amide bonds. The third-order valence-corrected chi connectivity index (χ3v) is 5.97. The molecule has 200 valence electrons. The number of carbonyl (C=O) groups excluding carboxylic acids is 2. The molecule has 1 aliphatic carbocycles. The predicted octanol–water partition coefficient (Wildman–Crippen LogP) is 1.44. The van der Waals surface area contributed by atoms with Crippen molar-refractivity contribution in [3.8, 4) is 23.0 Å². The third-order valence-electron chi connectivity index (χ3n) is 5.97. The lowest BCUT2D eigenvalue weighted by Crippen LogP contribution is -2.58. The number of carboxylic acids is 1. The van der Waals surface area contributed by atoms with E-state index in [9.17, 15) is 29.7 Å². The smallest absolute Gasteiger partial charge is 0.338 e. The van der Waals surface area contributed by atoms with E-state index in [1.807, 2.05) is 0 Å². The maximum absolute atomic E-state index is 12.9. The number of aliphatic carboxylic acids is 1. The van der Waals surface area contributed by atoms with Crippen LogP contribution in [0.15, 0.2) is 36.4 Å². The van der Waals surface area contributed by atoms with Gasteiger partial charge >= 0.3 is 17.9 Å². The number of hydrogen-bond donors (Lipinski definition) is 3. The summed E-state index contributed by atoms with van der Waals surface area (Å²) in [6.07, 6.45) is -5.94. The summed E-state index contributed by atoms with van der Waals surface area (Å²) < 4.78 is 31.6. The molecule has 0 saturated heterocycles. The summed E-state index contributed by atoms with van der Waals surface area (Å²) in [6.45, 7) is 0. The van der Waals surface area contributed by atoms with Gasteiger partial charge in [0, 0.05) is 12.8 Å². The van der Waals surface area contributed by atoms with E-state index in [1.54, 1.807) is 0 Å². The van der Waals surface area contributed by atoms with E-state index in [-0.39, 0.29) is 22.6 Å². The van der Waals surface area contributed by atoms with Crippen LogP contribution in [-0.4, -0.2) is 85.6 Å². The largest absolute Gasteiger partial charge is 0.493 e. The lowest BCUT2D eigenvalue weighted by Gasteiger charge is -2.40. The molecule has 12 heteroatoms. The minimum absolute atomic E-state index is 0.0153. The first-order chi connectivity index (χ1) is 17.6. The van der Waals surface area contributed by atoms with Gasteiger partial charge in [0.25, 0.3) is 0 Å². The summed E-state index contributed by atoms with van der Waals surface area (Å²) in [5.74, 6) is -2.25. The van der Waals surface area contributed by atoms with E-state index in [0.29, 0.717) is 11.5 Å². The second-order valence-corrected chi connectivity index (χ2v) is 8.27. The van der Waals surface area contributed by atoms with Gasteiger partial charge in [0.1, 0.15) is 6.10 Å². The van der Waals surface area contributed by atoms with Gasteiger partial charge in [-0.2, -0.15) is 0 Å². The summed E-state index contributed by atoms with van der Waals surface area (Å²) in [6, 6.07) is 8.43. The standard InChI is InChI=1S/C25H28O12/c1-32-16-7-5-13(9-18(16)34-3)22(27)36-20-12-25(31,24(29)30)11-15(26)21(20)37-23(28)14-6-8-17(33-2)19(10-14)35-4/h5-10,15,20-21,26,31H,11-12H2,1-4H3,(H,29,30)/t15-,20-,21-,25+/m1/s1. The van der Waals surface area contributed by atoms with Gasteiger partial charge in [-0.25, -0.2) is 14.4 Å². The third kappa shape index (κ3) is 5.87. The van der Waals surface area contributed by atoms with Crippen molar-refractivity contribution in [2.24, 2.45) is 0 Å². The molecular formula is C25H28O12. The monoisotopic (exact) mass is 520 g/mol. The van der Waals surface area contributed by atoms with Crippen molar-refractivity contribution in [2.75, 3.05) is 28.4 Å². The molecular weight excluding hydrogens is 492 g/mol. The Kier molecular flexibility index (Phi) is 8.46. The van der Waals surface area contributed by atoms with E-state index in [0.717, 1.165) is 0 Å². The summed E-state index contributed by atoms with van der Waals surface area (Å²) >= 11 is 0. The number of carbonyl (C=O) groups is 3. The second kappa shape index (κ2) is 11.4. The summed E-state index contributed by atoms with van der Waals surface area (Å²) in [5, 5.41) is 30.7. The number of methoxy groups -OCH3 is 4. The van der Waals surface area contributed by atoms with Crippen molar-refractivity contribution < 1.29 is 58.1 Å². The molecule has 0 aromatic heterocycles. The molecule has 2 aromatic carbocycles. The number of carboxylic acid groups (broad SMARTS) is 1. The van der Waals surface area contributed by atoms with Crippen LogP contribution in [0.4, 0.5) is 0 Å². The van der Waals surface area contributed by atoms with Crippen LogP contribution < -0.4 is 18.9 Å². The SMILES string of the molecule is COc1ccc(C(=O)O[C@@H]2[C@H](O)C[C@@](O)(C(=O)O)C[C@H]2OC(=O)c2ccc(OC)c(OC)c2)cc1OC. The van der Waals surface area contributed by atoms with Crippen molar-refractivity contribution >= 4 is 17.9 Å². The lowest BCUT2D eigenvalue weighted by atomic mass is 9.79. The van der Waals surface area contributed by atoms with Crippen LogP contribution in [-0.2, 0) is 14.3 Å². The topological polar surface area (TPSA) is 167 Å². The molecule has 37 heavy (non-hydrogen) atoms. The van der Waals surface area contributed by atoms with Crippen LogP contribution in [0.3, 0.4) is 0 Å². The van der Waals surface area contributed by atoms with Crippen LogP contribution in [0, 0.1) is 0 Å². The van der Waals surface area contributed by atoms with E-state index in [2.05, 4.69) is 0 Å². The molecule has 2 aromatic rings. The fourth-order valence-electron chi connectivity index (χ4n) is 4.00. The van der Waals surface area contributed by atoms with Crippen LogP contribution >= 0.6 is 0 Å². The van der Waals surface area contributed by atoms with Crippen molar-refractivity contribution in [1.29, 1.82) is 0 Å². The van der Waals surface area contributed by atoms with E-state index >= 15 is 0 Å². The van der Waals surface area contributed by atoms with Crippen molar-refractivity contribution in [3.63, 3.8) is 0 Å². The fraction of sp³-hybridized carbons (Fsp3) is 0.400. The van der Waals surface area contributed by atoms with Gasteiger partial charge in [-0.15, -0.1) is 0 Å². The Hall–Kier alpha value is -4.03. The number of hydrogen-bond acceptors (Lipinski definition) is 11. The quantitative estimate of drug-likeness (QED) is 0.408. The van der Waals surface area contributed by atoms with E-state index in [4.69, 9.17) is 28.4 Å². The Morgan fingerprint density at radius 1 is 0.757 bits per heavy atom. The first kappa shape index (κ1) is 27.6. The molecule has 0 unspecified atom stereocenters. The highest BCUT2D eigenvalue weighted by atomic mass is 16.6. The van der Waals surface area contributed by atoms with Crippen LogP contribution in [0.5, 0.6) is 23.0 Å². The van der Waals surface area contributed by atoms with E-state index < -0.39 is 54.7 Å². The highest BCUT2D eigenvalue weighted by molar-refractivity contribution is 5.91. The maximum atomic E-state index is 12.9. The summed E-state index contributed by atoms with van der Waals surface area (Å²) in [4.78, 5) is 37.5. The normalized spacial score (nSPS) is 22.9. The van der Waals surface area contributed by atoms with Gasteiger partial charge in [0.2, 0.25) is 0 Å². The highest BCUT2D eigenvalue weighted by Gasteiger charge is 2.52. The Morgan fingerprint density at radius 2 is 1.22 bits per heavy atom. The first-order valence-corrected chi connectivity index (χ1v) is 11.1. The van der Waals surface area contributed by atoms with Gasteiger partial charge in [-0.05, 0) is 36.4 Å². The minimum atomic E-state index is -2.42. The summed E-state index contributed by atoms with van der Waals surface area (Å²) in [5.41, 5.74) is -2.37. The van der Waals surface area contributed by atoms with E-state index in [1.165, 1.54) is 64.8 Å². The van der Waals surface area contributed by atoms with Crippen LogP contribution in [0.25, 0.3) is 0 Å². The molecule has 0 spiro atoms. The zero-order valence-corrected chi connectivity index (χ0v) is 20.6. The molecule has 4 atom stereocenters. The highest BCUT2D eigenvalue weighted by Crippen LogP contribution is 2.35. The van der Waals surface area contributed by atoms with Crippen LogP contribution in [0.1, 0.15) is 33.6 Å². The molecule has 0 radical (unpaired) electrons. The Balaban J connectivity index is 1.89. The molecule has 0 bridgehead atoms. The molecule has 12 nitrogen and oxygen atoms in total. The number of benzene rings is 2. The zero-order valence-electron chi connectivity index (χ0n) is 20.6. The Bertz CT molecular complexity index is 1160. The van der Waals surface area contributed by atoms with Crippen molar-refractivity contribution in [2.45, 2.75) is 36.8 Å². The number of esters is 2. The molecule has 0 aliphatic heterocycles. The predicted molar refractivity (Wildman–Crippen MR) is 125 cm³/mol. The summed E-state index contributed by atoms with van der Waals surface area (Å²) in [7, 11) is 5.61. The van der Waals surface area contributed by atoms with Gasteiger partial charge in [-0.3, -0.25) is 0 Å². The lowest BCUT2D eigenvalue weighted by molar-refractivity contribution is -0.187. The second-order valence-electron chi connectivity index (χ2n) is 8.27. The fourth-order valence-corrected chi connectivity index (χ4v) is 4.00. The van der Waals surface area contributed by atoms with Crippen molar-refractivity contribution in [3.05, 3.63) is 47.5 Å². The van der Waals surface area contributed by atoms with Gasteiger partial charge in [-0.1, -0.05) is 0 Å². The zero-order chi connectivity index (χ0) is 27.3. The van der Waals surface area contributed by atoms with Crippen LogP contribution in [0.2, 0.25) is 0 Å². The molecule has 0 heterocycles. The Labute approximate surface area is 212 Å². The number of aliphatic hydroxyl groups excluding tert-OH is 1. The molecule has 1 aliphatic rings. The maximum Gasteiger partial charge on any atom is 0.338 e. The minimum Gasteiger partial charge on any atom is -0.493 e. The Morgan fingerprint density at radius 3 is 1.65 bits per heavy atom. The number of ether oxygens (including phenoxy) is 6. The molecule has 3 N–H and O–H groups in total.